The van der Waals surface area contributed by atoms with E-state index in [0.717, 1.165) is 12.2 Å². The molecule has 0 aromatic heterocycles. The molecule has 0 saturated carbocycles. The lowest BCUT2D eigenvalue weighted by Crippen LogP contribution is -2.13. The van der Waals surface area contributed by atoms with Crippen LogP contribution in [0, 0.1) is 0 Å². The molecule has 2 N–H and O–H groups in total. The Labute approximate surface area is 94.7 Å². The van der Waals surface area contributed by atoms with Crippen molar-refractivity contribution in [2.75, 3.05) is 6.61 Å². The average molecular weight is 230 g/mol. The molecule has 5 heteroatoms. The predicted octanol–water partition coefficient (Wildman–Crippen LogP) is 0.197. The minimum absolute atomic E-state index is 0.0922. The first-order valence-electron chi connectivity index (χ1n) is 5.15. The van der Waals surface area contributed by atoms with Crippen molar-refractivity contribution in [2.45, 2.75) is 38.9 Å². The summed E-state index contributed by atoms with van der Waals surface area (Å²) in [4.78, 5) is 22.1. The van der Waals surface area contributed by atoms with Crippen LogP contribution in [-0.2, 0) is 14.3 Å². The summed E-state index contributed by atoms with van der Waals surface area (Å²) in [6.07, 6.45) is 1.45. The Morgan fingerprint density at radius 2 is 1.81 bits per heavy atom. The van der Waals surface area contributed by atoms with E-state index >= 15 is 0 Å². The van der Waals surface area contributed by atoms with Gasteiger partial charge in [0.05, 0.1) is 12.2 Å². The summed E-state index contributed by atoms with van der Waals surface area (Å²) in [6, 6.07) is 0. The number of allylic oxidation sites excluding steroid dienone is 1. The van der Waals surface area contributed by atoms with E-state index in [1.54, 1.807) is 6.92 Å². The lowest BCUT2D eigenvalue weighted by atomic mass is 10.1. The quantitative estimate of drug-likeness (QED) is 0.482. The maximum Gasteiger partial charge on any atom is 0.330 e. The molecule has 0 aliphatic rings. The first-order chi connectivity index (χ1) is 7.41. The van der Waals surface area contributed by atoms with E-state index in [1.807, 2.05) is 0 Å². The highest BCUT2D eigenvalue weighted by atomic mass is 16.5. The second-order valence-corrected chi connectivity index (χ2v) is 3.67. The lowest BCUT2D eigenvalue weighted by molar-refractivity contribution is -0.140. The molecule has 2 atom stereocenters. The molecule has 0 bridgehead atoms. The Morgan fingerprint density at radius 3 is 2.31 bits per heavy atom. The van der Waals surface area contributed by atoms with Crippen LogP contribution in [0.3, 0.4) is 0 Å². The van der Waals surface area contributed by atoms with Gasteiger partial charge in [0.1, 0.15) is 6.61 Å². The molecule has 0 aliphatic heterocycles. The molecule has 2 unspecified atom stereocenters. The van der Waals surface area contributed by atoms with Crippen LogP contribution < -0.4 is 0 Å². The van der Waals surface area contributed by atoms with Crippen molar-refractivity contribution in [3.8, 4) is 0 Å². The smallest absolute Gasteiger partial charge is 0.330 e. The van der Waals surface area contributed by atoms with Gasteiger partial charge in [-0.3, -0.25) is 4.79 Å². The van der Waals surface area contributed by atoms with Crippen LogP contribution >= 0.6 is 0 Å². The zero-order valence-electron chi connectivity index (χ0n) is 9.55. The van der Waals surface area contributed by atoms with Gasteiger partial charge in [-0.15, -0.1) is 0 Å². The minimum atomic E-state index is -0.719. The molecule has 92 valence electrons. The minimum Gasteiger partial charge on any atom is -0.460 e. The van der Waals surface area contributed by atoms with E-state index in [9.17, 15) is 9.59 Å². The third kappa shape index (κ3) is 9.36. The number of rotatable bonds is 7. The van der Waals surface area contributed by atoms with Gasteiger partial charge < -0.3 is 14.9 Å². The van der Waals surface area contributed by atoms with Crippen LogP contribution in [0.15, 0.2) is 12.2 Å². The molecule has 16 heavy (non-hydrogen) atoms. The molecule has 0 spiro atoms. The fourth-order valence-electron chi connectivity index (χ4n) is 0.846. The normalized spacial score (nSPS) is 14.8. The number of aliphatic hydroxyl groups excluding tert-OH is 2. The zero-order chi connectivity index (χ0) is 12.6. The van der Waals surface area contributed by atoms with E-state index in [4.69, 9.17) is 10.2 Å². The second-order valence-electron chi connectivity index (χ2n) is 3.67. The number of hydrogen-bond acceptors (Lipinski definition) is 5. The van der Waals surface area contributed by atoms with Gasteiger partial charge in [0.2, 0.25) is 0 Å². The molecule has 0 fully saturated rings. The van der Waals surface area contributed by atoms with E-state index < -0.39 is 18.2 Å². The van der Waals surface area contributed by atoms with Gasteiger partial charge in [0.25, 0.3) is 0 Å². The van der Waals surface area contributed by atoms with Gasteiger partial charge in [0, 0.05) is 12.5 Å². The number of ether oxygens (including phenoxy) is 1. The van der Waals surface area contributed by atoms with Gasteiger partial charge >= 0.3 is 5.97 Å². The number of hydrogen-bond donors (Lipinski definition) is 2. The number of carbonyl (C=O) groups excluding carboxylic acids is 2. The molecular formula is C11H18O5. The summed E-state index contributed by atoms with van der Waals surface area (Å²) in [5.74, 6) is -0.902. The Bertz CT molecular complexity index is 229. The monoisotopic (exact) mass is 230 g/mol. The highest BCUT2D eigenvalue weighted by molar-refractivity contribution is 5.95. The molecule has 0 heterocycles. The van der Waals surface area contributed by atoms with Crippen LogP contribution in [0.5, 0.6) is 0 Å². The number of esters is 1. The van der Waals surface area contributed by atoms with E-state index in [2.05, 4.69) is 4.74 Å². The Balaban J connectivity index is 3.80. The molecule has 0 aromatic rings. The maximum atomic E-state index is 11.1. The topological polar surface area (TPSA) is 83.8 Å². The van der Waals surface area contributed by atoms with E-state index in [0.29, 0.717) is 6.42 Å². The van der Waals surface area contributed by atoms with Crippen molar-refractivity contribution in [1.29, 1.82) is 0 Å². The summed E-state index contributed by atoms with van der Waals surface area (Å²) in [6.45, 7) is 2.99. The molecule has 5 nitrogen and oxygen atoms in total. The molecule has 0 aromatic carbocycles. The number of aliphatic hydroxyl groups is 2. The highest BCUT2D eigenvalue weighted by Gasteiger charge is 2.03. The molecule has 0 rings (SSSR count). The lowest BCUT2D eigenvalue weighted by Gasteiger charge is -2.03. The molecule has 0 aliphatic carbocycles. The third-order valence-corrected chi connectivity index (χ3v) is 1.68. The fourth-order valence-corrected chi connectivity index (χ4v) is 0.846. The standard InChI is InChI=1S/C11H18O5/c1-8(12)3-4-10(14)5-6-11(15)16-7-9(2)13/h5-6,8-9,12-13H,3-4,7H2,1-2H3/b6-5+. The van der Waals surface area contributed by atoms with Crippen molar-refractivity contribution < 1.29 is 24.5 Å². The van der Waals surface area contributed by atoms with Crippen molar-refractivity contribution in [1.82, 2.24) is 0 Å². The highest BCUT2D eigenvalue weighted by Crippen LogP contribution is 1.98. The van der Waals surface area contributed by atoms with E-state index in [1.165, 1.54) is 6.92 Å². The molecule has 0 radical (unpaired) electrons. The second kappa shape index (κ2) is 8.01. The van der Waals surface area contributed by atoms with Gasteiger partial charge in [-0.2, -0.15) is 0 Å². The SMILES string of the molecule is CC(O)CCC(=O)/C=C/C(=O)OCC(C)O. The largest absolute Gasteiger partial charge is 0.460 e. The van der Waals surface area contributed by atoms with Crippen molar-refractivity contribution in [2.24, 2.45) is 0 Å². The molecule has 0 amide bonds. The Hall–Kier alpha value is -1.20. The molecular weight excluding hydrogens is 212 g/mol. The van der Waals surface area contributed by atoms with Crippen LogP contribution in [0.2, 0.25) is 0 Å². The zero-order valence-corrected chi connectivity index (χ0v) is 9.55. The van der Waals surface area contributed by atoms with Crippen molar-refractivity contribution in [3.63, 3.8) is 0 Å². The van der Waals surface area contributed by atoms with Crippen LogP contribution in [0.1, 0.15) is 26.7 Å². The number of carbonyl (C=O) groups is 2. The molecule has 0 saturated heterocycles. The van der Waals surface area contributed by atoms with Crippen LogP contribution in [0.25, 0.3) is 0 Å². The fraction of sp³-hybridized carbons (Fsp3) is 0.636. The Kier molecular flexibility index (Phi) is 7.41. The first kappa shape index (κ1) is 14.8. The Morgan fingerprint density at radius 1 is 1.19 bits per heavy atom. The van der Waals surface area contributed by atoms with Gasteiger partial charge in [-0.25, -0.2) is 4.79 Å². The van der Waals surface area contributed by atoms with E-state index in [-0.39, 0.29) is 18.8 Å². The van der Waals surface area contributed by atoms with Gasteiger partial charge in [-0.1, -0.05) is 0 Å². The first-order valence-corrected chi connectivity index (χ1v) is 5.15. The van der Waals surface area contributed by atoms with Gasteiger partial charge in [0.15, 0.2) is 5.78 Å². The summed E-state index contributed by atoms with van der Waals surface area (Å²) < 4.78 is 4.60. The average Bonchev–Trinajstić information content (AvgIpc) is 2.20. The summed E-state index contributed by atoms with van der Waals surface area (Å²) in [5.41, 5.74) is 0. The van der Waals surface area contributed by atoms with Crippen molar-refractivity contribution in [3.05, 3.63) is 12.2 Å². The summed E-state index contributed by atoms with van der Waals surface area (Å²) in [7, 11) is 0. The number of ketones is 1. The predicted molar refractivity (Wildman–Crippen MR) is 57.7 cm³/mol. The van der Waals surface area contributed by atoms with Crippen molar-refractivity contribution >= 4 is 11.8 Å². The third-order valence-electron chi connectivity index (χ3n) is 1.68. The summed E-state index contributed by atoms with van der Waals surface area (Å²) in [5, 5.41) is 17.8. The van der Waals surface area contributed by atoms with Crippen LogP contribution in [-0.4, -0.2) is 40.8 Å². The summed E-state index contributed by atoms with van der Waals surface area (Å²) >= 11 is 0. The maximum absolute atomic E-state index is 11.1. The van der Waals surface area contributed by atoms with Crippen LogP contribution in [0.4, 0.5) is 0 Å². The van der Waals surface area contributed by atoms with Gasteiger partial charge in [-0.05, 0) is 26.3 Å².